The fraction of sp³-hybridized carbons (Fsp3) is 0.500. The number of aromatic amines is 1. The molecule has 0 amide bonds. The van der Waals surface area contributed by atoms with Gasteiger partial charge in [-0.05, 0) is 18.6 Å². The van der Waals surface area contributed by atoms with Gasteiger partial charge in [0.05, 0.1) is 42.7 Å². The molecule has 10 heteroatoms. The summed E-state index contributed by atoms with van der Waals surface area (Å²) in [6, 6.07) is 10.8. The first-order chi connectivity index (χ1) is 16.6. The number of imidazole rings is 1. The molecule has 3 aromatic rings. The summed E-state index contributed by atoms with van der Waals surface area (Å²) in [6.07, 6.45) is -1.64. The van der Waals surface area contributed by atoms with E-state index in [1.807, 2.05) is 6.07 Å². The van der Waals surface area contributed by atoms with Crippen molar-refractivity contribution in [1.29, 1.82) is 0 Å². The summed E-state index contributed by atoms with van der Waals surface area (Å²) in [7, 11) is 0. The number of pyridine rings is 1. The SMILES string of the molecule is CC(c1ccc(-c2nc3nc(O[C@@H]4CO[C@H]5[C@@H]4OC[C@H]5O)[nH]c3cc2Cl)cc1)N1CCOCC1. The number of aliphatic hydroxyl groups is 1. The first-order valence-corrected chi connectivity index (χ1v) is 12.0. The maximum atomic E-state index is 9.92. The molecular weight excluding hydrogens is 460 g/mol. The van der Waals surface area contributed by atoms with Crippen molar-refractivity contribution in [3.63, 3.8) is 0 Å². The number of nitrogens with one attached hydrogen (secondary N) is 1. The largest absolute Gasteiger partial charge is 0.456 e. The lowest BCUT2D eigenvalue weighted by Gasteiger charge is -2.32. The summed E-state index contributed by atoms with van der Waals surface area (Å²) < 4.78 is 22.7. The number of H-pyrrole nitrogens is 1. The van der Waals surface area contributed by atoms with Crippen LogP contribution in [0.4, 0.5) is 0 Å². The number of halogens is 1. The number of hydrogen-bond acceptors (Lipinski definition) is 8. The molecule has 180 valence electrons. The second kappa shape index (κ2) is 9.07. The lowest BCUT2D eigenvalue weighted by atomic mass is 10.0. The van der Waals surface area contributed by atoms with Crippen LogP contribution in [0.5, 0.6) is 6.01 Å². The second-order valence-corrected chi connectivity index (χ2v) is 9.40. The maximum Gasteiger partial charge on any atom is 0.296 e. The van der Waals surface area contributed by atoms with E-state index in [-0.39, 0.29) is 24.9 Å². The molecule has 34 heavy (non-hydrogen) atoms. The average Bonchev–Trinajstić information content (AvgIpc) is 3.55. The molecule has 3 aliphatic heterocycles. The van der Waals surface area contributed by atoms with Gasteiger partial charge in [-0.3, -0.25) is 4.90 Å². The number of aliphatic hydroxyl groups excluding tert-OH is 1. The molecule has 0 spiro atoms. The van der Waals surface area contributed by atoms with Crippen LogP contribution in [0.15, 0.2) is 30.3 Å². The first-order valence-electron chi connectivity index (χ1n) is 11.6. The van der Waals surface area contributed by atoms with Crippen LogP contribution in [0.2, 0.25) is 5.02 Å². The van der Waals surface area contributed by atoms with Gasteiger partial charge in [0.25, 0.3) is 6.01 Å². The molecule has 0 saturated carbocycles. The number of ether oxygens (including phenoxy) is 4. The molecule has 1 unspecified atom stereocenters. The number of benzene rings is 1. The highest BCUT2D eigenvalue weighted by Crippen LogP contribution is 2.33. The van der Waals surface area contributed by atoms with Crippen LogP contribution in [0.25, 0.3) is 22.4 Å². The number of fused-ring (bicyclic) bond motifs is 2. The minimum absolute atomic E-state index is 0.250. The Bertz CT molecular complexity index is 1170. The predicted octanol–water partition coefficient (Wildman–Crippen LogP) is 2.58. The van der Waals surface area contributed by atoms with Crippen molar-refractivity contribution >= 4 is 22.8 Å². The Labute approximate surface area is 201 Å². The monoisotopic (exact) mass is 486 g/mol. The van der Waals surface area contributed by atoms with Crippen LogP contribution in [0, 0.1) is 0 Å². The number of nitrogens with zero attached hydrogens (tertiary/aromatic N) is 3. The zero-order chi connectivity index (χ0) is 23.2. The van der Waals surface area contributed by atoms with E-state index in [9.17, 15) is 5.11 Å². The van der Waals surface area contributed by atoms with Crippen molar-refractivity contribution in [2.45, 2.75) is 37.4 Å². The zero-order valence-corrected chi connectivity index (χ0v) is 19.6. The second-order valence-electron chi connectivity index (χ2n) is 9.00. The Kier molecular flexibility index (Phi) is 5.92. The third kappa shape index (κ3) is 4.06. The van der Waals surface area contributed by atoms with Crippen molar-refractivity contribution in [3.05, 3.63) is 40.9 Å². The summed E-state index contributed by atoms with van der Waals surface area (Å²) in [4.78, 5) is 14.8. The molecule has 2 N–H and O–H groups in total. The lowest BCUT2D eigenvalue weighted by molar-refractivity contribution is 0.00706. The number of morpholine rings is 1. The van der Waals surface area contributed by atoms with Gasteiger partial charge in [-0.2, -0.15) is 4.98 Å². The molecular formula is C24H27ClN4O5. The summed E-state index contributed by atoms with van der Waals surface area (Å²) >= 11 is 6.59. The minimum Gasteiger partial charge on any atom is -0.456 e. The highest BCUT2D eigenvalue weighted by Gasteiger charge is 2.48. The summed E-state index contributed by atoms with van der Waals surface area (Å²) in [6.45, 7) is 6.24. The van der Waals surface area contributed by atoms with Crippen LogP contribution in [-0.2, 0) is 14.2 Å². The van der Waals surface area contributed by atoms with Gasteiger partial charge in [-0.25, -0.2) is 4.98 Å². The van der Waals surface area contributed by atoms with Gasteiger partial charge in [0.15, 0.2) is 11.8 Å². The van der Waals surface area contributed by atoms with Crippen molar-refractivity contribution in [1.82, 2.24) is 19.9 Å². The predicted molar refractivity (Wildman–Crippen MR) is 125 cm³/mol. The van der Waals surface area contributed by atoms with Gasteiger partial charge in [0.1, 0.15) is 18.3 Å². The van der Waals surface area contributed by atoms with E-state index in [0.29, 0.717) is 40.5 Å². The van der Waals surface area contributed by atoms with Gasteiger partial charge >= 0.3 is 0 Å². The van der Waals surface area contributed by atoms with Crippen molar-refractivity contribution in [2.75, 3.05) is 39.5 Å². The molecule has 1 aromatic carbocycles. The Hall–Kier alpha value is -2.27. The molecule has 5 atom stereocenters. The number of rotatable bonds is 5. The summed E-state index contributed by atoms with van der Waals surface area (Å²) in [5.74, 6) is 0. The van der Waals surface area contributed by atoms with E-state index in [1.54, 1.807) is 0 Å². The van der Waals surface area contributed by atoms with E-state index < -0.39 is 6.10 Å². The Morgan fingerprint density at radius 1 is 1.12 bits per heavy atom. The van der Waals surface area contributed by atoms with Crippen LogP contribution >= 0.6 is 11.6 Å². The fourth-order valence-corrected chi connectivity index (χ4v) is 5.20. The lowest BCUT2D eigenvalue weighted by Crippen LogP contribution is -2.37. The number of hydrogen-bond donors (Lipinski definition) is 2. The highest BCUT2D eigenvalue weighted by molar-refractivity contribution is 6.33. The van der Waals surface area contributed by atoms with Gasteiger partial charge in [0, 0.05) is 24.7 Å². The fourth-order valence-electron chi connectivity index (χ4n) is 4.94. The molecule has 3 fully saturated rings. The first kappa shape index (κ1) is 22.2. The summed E-state index contributed by atoms with van der Waals surface area (Å²) in [5, 5.41) is 10.5. The molecule has 0 bridgehead atoms. The molecule has 2 aromatic heterocycles. The molecule has 9 nitrogen and oxygen atoms in total. The molecule has 3 saturated heterocycles. The van der Waals surface area contributed by atoms with E-state index >= 15 is 0 Å². The molecule has 0 radical (unpaired) electrons. The standard InChI is InChI=1S/C24H27ClN4O5/c1-13(29-6-8-31-9-7-29)14-2-4-15(5-3-14)20-16(25)10-17-23(27-20)28-24(26-17)34-19-12-33-21-18(30)11-32-22(19)21/h2-5,10,13,18-19,21-22,30H,6-9,11-12H2,1H3,(H,26,27,28)/t13?,18-,19-,21-,22-/m1/s1. The normalized spacial score (nSPS) is 28.3. The van der Waals surface area contributed by atoms with Crippen molar-refractivity contribution in [2.24, 2.45) is 0 Å². The quantitative estimate of drug-likeness (QED) is 0.567. The Morgan fingerprint density at radius 3 is 2.68 bits per heavy atom. The van der Waals surface area contributed by atoms with Gasteiger partial charge in [-0.1, -0.05) is 35.9 Å². The van der Waals surface area contributed by atoms with E-state index in [1.165, 1.54) is 5.56 Å². The smallest absolute Gasteiger partial charge is 0.296 e. The topological polar surface area (TPSA) is 102 Å². The third-order valence-electron chi connectivity index (χ3n) is 6.91. The van der Waals surface area contributed by atoms with E-state index in [4.69, 9.17) is 35.5 Å². The number of aromatic nitrogens is 3. The van der Waals surface area contributed by atoms with Crippen LogP contribution in [0.3, 0.4) is 0 Å². The zero-order valence-electron chi connectivity index (χ0n) is 18.8. The van der Waals surface area contributed by atoms with Crippen LogP contribution < -0.4 is 4.74 Å². The molecule has 5 heterocycles. The maximum absolute atomic E-state index is 9.92. The summed E-state index contributed by atoms with van der Waals surface area (Å²) in [5.41, 5.74) is 4.04. The van der Waals surface area contributed by atoms with E-state index in [2.05, 4.69) is 46.1 Å². The highest BCUT2D eigenvalue weighted by atomic mass is 35.5. The van der Waals surface area contributed by atoms with Crippen molar-refractivity contribution < 1.29 is 24.1 Å². The molecule has 6 rings (SSSR count). The average molecular weight is 487 g/mol. The van der Waals surface area contributed by atoms with Gasteiger partial charge in [0.2, 0.25) is 0 Å². The van der Waals surface area contributed by atoms with Crippen LogP contribution in [-0.4, -0.2) is 88.9 Å². The van der Waals surface area contributed by atoms with Gasteiger partial charge in [-0.15, -0.1) is 0 Å². The van der Waals surface area contributed by atoms with Crippen molar-refractivity contribution in [3.8, 4) is 17.3 Å². The van der Waals surface area contributed by atoms with E-state index in [0.717, 1.165) is 31.9 Å². The minimum atomic E-state index is -0.624. The Morgan fingerprint density at radius 2 is 1.88 bits per heavy atom. The van der Waals surface area contributed by atoms with Crippen LogP contribution in [0.1, 0.15) is 18.5 Å². The molecule has 0 aliphatic carbocycles. The third-order valence-corrected chi connectivity index (χ3v) is 7.20. The Balaban J connectivity index is 1.21. The van der Waals surface area contributed by atoms with Gasteiger partial charge < -0.3 is 29.0 Å². The molecule has 3 aliphatic rings.